The highest BCUT2D eigenvalue weighted by Crippen LogP contribution is 2.15. The molecule has 0 saturated carbocycles. The molecule has 0 bridgehead atoms. The number of halogens is 1. The Morgan fingerprint density at radius 3 is 2.88 bits per heavy atom. The maximum Gasteiger partial charge on any atom is 0.198 e. The molecule has 0 atom stereocenters. The van der Waals surface area contributed by atoms with E-state index in [4.69, 9.17) is 29.6 Å². The summed E-state index contributed by atoms with van der Waals surface area (Å²) < 4.78 is 1.49. The van der Waals surface area contributed by atoms with Crippen LogP contribution in [0.5, 0.6) is 0 Å². The molecular weight excluding hydrogens is 244 g/mol. The van der Waals surface area contributed by atoms with Gasteiger partial charge in [-0.15, -0.1) is 5.10 Å². The van der Waals surface area contributed by atoms with Gasteiger partial charge in [0.25, 0.3) is 0 Å². The van der Waals surface area contributed by atoms with Gasteiger partial charge in [-0.1, -0.05) is 17.7 Å². The average Bonchev–Trinajstić information content (AvgIpc) is 2.65. The van der Waals surface area contributed by atoms with Gasteiger partial charge in [-0.2, -0.15) is 0 Å². The molecule has 6 heteroatoms. The van der Waals surface area contributed by atoms with Gasteiger partial charge in [0, 0.05) is 23.0 Å². The van der Waals surface area contributed by atoms with E-state index in [1.165, 1.54) is 4.68 Å². The summed E-state index contributed by atoms with van der Waals surface area (Å²) in [5, 5.41) is 8.08. The third-order valence-corrected chi connectivity index (χ3v) is 2.42. The Labute approximate surface area is 103 Å². The number of rotatable bonds is 1. The minimum Gasteiger partial charge on any atom is -0.382 e. The molecule has 1 aromatic carbocycles. The number of thiocarbonyl (C=S) groups is 1. The Bertz CT molecular complexity index is 523. The molecule has 0 saturated heterocycles. The summed E-state index contributed by atoms with van der Waals surface area (Å²) in [7, 11) is 0. The Morgan fingerprint density at radius 2 is 2.25 bits per heavy atom. The number of aromatic nitrogens is 2. The zero-order valence-corrected chi connectivity index (χ0v) is 9.79. The van der Waals surface area contributed by atoms with Gasteiger partial charge < -0.3 is 11.1 Å². The number of benzene rings is 1. The normalized spacial score (nSPS) is 10.1. The predicted octanol–water partition coefficient (Wildman–Crippen LogP) is 2.36. The van der Waals surface area contributed by atoms with E-state index in [-0.39, 0.29) is 0 Å². The van der Waals surface area contributed by atoms with Crippen molar-refractivity contribution in [2.75, 3.05) is 11.1 Å². The van der Waals surface area contributed by atoms with Crippen LogP contribution in [0.2, 0.25) is 5.02 Å². The molecule has 3 N–H and O–H groups in total. The van der Waals surface area contributed by atoms with Crippen LogP contribution < -0.4 is 11.1 Å². The van der Waals surface area contributed by atoms with Crippen molar-refractivity contribution < 1.29 is 0 Å². The molecule has 1 aromatic heterocycles. The molecule has 0 fully saturated rings. The molecule has 0 aliphatic rings. The molecule has 0 unspecified atom stereocenters. The molecule has 0 aliphatic carbocycles. The second-order valence-electron chi connectivity index (χ2n) is 3.13. The molecule has 0 radical (unpaired) electrons. The topological polar surface area (TPSA) is 55.9 Å². The lowest BCUT2D eigenvalue weighted by molar-refractivity contribution is 0.953. The van der Waals surface area contributed by atoms with Gasteiger partial charge in [-0.3, -0.25) is 0 Å². The monoisotopic (exact) mass is 252 g/mol. The number of nitrogens with one attached hydrogen (secondary N) is 1. The molecule has 0 aliphatic heterocycles. The quantitative estimate of drug-likeness (QED) is 0.765. The van der Waals surface area contributed by atoms with E-state index in [1.807, 2.05) is 12.1 Å². The third kappa shape index (κ3) is 2.50. The number of anilines is 2. The first kappa shape index (κ1) is 10.9. The molecular formula is C10H9ClN4S. The molecule has 2 aromatic rings. The molecule has 82 valence electrons. The second kappa shape index (κ2) is 4.51. The van der Waals surface area contributed by atoms with Crippen molar-refractivity contribution in [3.8, 4) is 0 Å². The standard InChI is InChI=1S/C10H9ClN4S/c11-7-2-1-3-8(6-7)13-10(16)15-5-4-9(12)14-15/h1-6H,(H2,12,14)(H,13,16). The van der Waals surface area contributed by atoms with Crippen LogP contribution in [-0.4, -0.2) is 14.9 Å². The first-order chi connectivity index (χ1) is 7.65. The maximum absolute atomic E-state index is 5.85. The highest BCUT2D eigenvalue weighted by atomic mass is 35.5. The Hall–Kier alpha value is -1.59. The van der Waals surface area contributed by atoms with Crippen LogP contribution in [0.25, 0.3) is 0 Å². The summed E-state index contributed by atoms with van der Waals surface area (Å²) in [4.78, 5) is 0. The zero-order valence-electron chi connectivity index (χ0n) is 8.22. The third-order valence-electron chi connectivity index (χ3n) is 1.89. The highest BCUT2D eigenvalue weighted by Gasteiger charge is 2.02. The molecule has 0 spiro atoms. The lowest BCUT2D eigenvalue weighted by atomic mass is 10.3. The smallest absolute Gasteiger partial charge is 0.198 e. The lowest BCUT2D eigenvalue weighted by Gasteiger charge is -2.07. The van der Waals surface area contributed by atoms with Crippen LogP contribution in [-0.2, 0) is 0 Å². The van der Waals surface area contributed by atoms with Crippen LogP contribution >= 0.6 is 23.8 Å². The molecule has 16 heavy (non-hydrogen) atoms. The van der Waals surface area contributed by atoms with Crippen LogP contribution in [0.3, 0.4) is 0 Å². The minimum absolute atomic E-state index is 0.426. The Balaban J connectivity index is 2.13. The van der Waals surface area contributed by atoms with Crippen LogP contribution in [0.15, 0.2) is 36.5 Å². The highest BCUT2D eigenvalue weighted by molar-refractivity contribution is 7.80. The summed E-state index contributed by atoms with van der Waals surface area (Å²) in [5.74, 6) is 0.426. The van der Waals surface area contributed by atoms with Gasteiger partial charge in [0.2, 0.25) is 0 Å². The second-order valence-corrected chi connectivity index (χ2v) is 3.95. The van der Waals surface area contributed by atoms with Crippen LogP contribution in [0.4, 0.5) is 11.5 Å². The van der Waals surface area contributed by atoms with E-state index in [9.17, 15) is 0 Å². The first-order valence-corrected chi connectivity index (χ1v) is 5.32. The molecule has 0 amide bonds. The number of hydrogen-bond donors (Lipinski definition) is 2. The largest absolute Gasteiger partial charge is 0.382 e. The fraction of sp³-hybridized carbons (Fsp3) is 0. The molecule has 4 nitrogen and oxygen atoms in total. The van der Waals surface area contributed by atoms with Gasteiger partial charge in [-0.25, -0.2) is 4.68 Å². The zero-order chi connectivity index (χ0) is 11.5. The summed E-state index contributed by atoms with van der Waals surface area (Å²) in [6.45, 7) is 0. The summed E-state index contributed by atoms with van der Waals surface area (Å²) in [6.07, 6.45) is 1.69. The van der Waals surface area contributed by atoms with Crippen molar-refractivity contribution in [1.82, 2.24) is 9.78 Å². The lowest BCUT2D eigenvalue weighted by Crippen LogP contribution is -2.19. The van der Waals surface area contributed by atoms with Crippen molar-refractivity contribution in [3.05, 3.63) is 41.6 Å². The van der Waals surface area contributed by atoms with E-state index < -0.39 is 0 Å². The predicted molar refractivity (Wildman–Crippen MR) is 69.7 cm³/mol. The van der Waals surface area contributed by atoms with Crippen molar-refractivity contribution in [2.24, 2.45) is 0 Å². The fourth-order valence-corrected chi connectivity index (χ4v) is 1.61. The van der Waals surface area contributed by atoms with Crippen LogP contribution in [0, 0.1) is 0 Å². The first-order valence-electron chi connectivity index (χ1n) is 4.53. The maximum atomic E-state index is 5.85. The molecule has 1 heterocycles. The fourth-order valence-electron chi connectivity index (χ4n) is 1.20. The summed E-state index contributed by atoms with van der Waals surface area (Å²) in [6, 6.07) is 8.95. The Morgan fingerprint density at radius 1 is 1.44 bits per heavy atom. The Kier molecular flexibility index (Phi) is 3.07. The van der Waals surface area contributed by atoms with E-state index in [1.54, 1.807) is 24.4 Å². The van der Waals surface area contributed by atoms with Crippen molar-refractivity contribution in [2.45, 2.75) is 0 Å². The van der Waals surface area contributed by atoms with E-state index in [2.05, 4.69) is 10.4 Å². The summed E-state index contributed by atoms with van der Waals surface area (Å²) >= 11 is 11.0. The number of nitrogens with zero attached hydrogens (tertiary/aromatic N) is 2. The molecule has 2 rings (SSSR count). The van der Waals surface area contributed by atoms with Crippen molar-refractivity contribution in [1.29, 1.82) is 0 Å². The van der Waals surface area contributed by atoms with Gasteiger partial charge >= 0.3 is 0 Å². The van der Waals surface area contributed by atoms with E-state index in [0.29, 0.717) is 16.0 Å². The van der Waals surface area contributed by atoms with Crippen LogP contribution in [0.1, 0.15) is 0 Å². The van der Waals surface area contributed by atoms with E-state index >= 15 is 0 Å². The SMILES string of the molecule is Nc1ccn(C(=S)Nc2cccc(Cl)c2)n1. The average molecular weight is 253 g/mol. The van der Waals surface area contributed by atoms with Gasteiger partial charge in [0.1, 0.15) is 5.82 Å². The number of nitrogens with two attached hydrogens (primary N) is 1. The number of nitrogen functional groups attached to an aromatic ring is 1. The summed E-state index contributed by atoms with van der Waals surface area (Å²) in [5.41, 5.74) is 6.31. The minimum atomic E-state index is 0.426. The number of hydrogen-bond acceptors (Lipinski definition) is 3. The van der Waals surface area contributed by atoms with Crippen molar-refractivity contribution >= 4 is 40.4 Å². The van der Waals surface area contributed by atoms with Crippen molar-refractivity contribution in [3.63, 3.8) is 0 Å². The van der Waals surface area contributed by atoms with E-state index in [0.717, 1.165) is 5.69 Å². The van der Waals surface area contributed by atoms with Gasteiger partial charge in [-0.05, 0) is 30.4 Å². The van der Waals surface area contributed by atoms with Gasteiger partial charge in [0.15, 0.2) is 5.11 Å². The van der Waals surface area contributed by atoms with Gasteiger partial charge in [0.05, 0.1) is 0 Å².